The maximum atomic E-state index is 6.56. The molecule has 31 heavy (non-hydrogen) atoms. The largest absolute Gasteiger partial charge is 0.0843 e. The molecule has 0 nitrogen and oxygen atoms in total. The van der Waals surface area contributed by atoms with Gasteiger partial charge in [0.15, 0.2) is 0 Å². The minimum Gasteiger partial charge on any atom is -0.0843 e. The Morgan fingerprint density at radius 3 is 1.55 bits per heavy atom. The Bertz CT molecular complexity index is 1210. The number of benzene rings is 4. The lowest BCUT2D eigenvalue weighted by molar-refractivity contribution is 0.589. The summed E-state index contributed by atoms with van der Waals surface area (Å²) >= 11 is 13.1. The molecule has 0 aliphatic heterocycles. The second kappa shape index (κ2) is 7.26. The third kappa shape index (κ3) is 3.13. The maximum Gasteiger partial charge on any atom is 0.0714 e. The van der Waals surface area contributed by atoms with Crippen molar-refractivity contribution in [2.24, 2.45) is 0 Å². The highest BCUT2D eigenvalue weighted by molar-refractivity contribution is 6.31. The average Bonchev–Trinajstić information content (AvgIpc) is 3.03. The molecule has 0 bridgehead atoms. The van der Waals surface area contributed by atoms with Crippen LogP contribution < -0.4 is 0 Å². The molecule has 0 aromatic heterocycles. The van der Waals surface area contributed by atoms with Crippen LogP contribution in [0.4, 0.5) is 0 Å². The van der Waals surface area contributed by atoms with E-state index in [4.69, 9.17) is 23.2 Å². The summed E-state index contributed by atoms with van der Waals surface area (Å²) in [6.07, 6.45) is 0. The monoisotopic (exact) mass is 442 g/mol. The van der Waals surface area contributed by atoms with E-state index in [0.717, 1.165) is 10.0 Å². The Labute approximate surface area is 194 Å². The van der Waals surface area contributed by atoms with Gasteiger partial charge in [-0.15, -0.1) is 0 Å². The van der Waals surface area contributed by atoms with Crippen LogP contribution in [0.25, 0.3) is 11.1 Å². The summed E-state index contributed by atoms with van der Waals surface area (Å²) in [7, 11) is 0. The van der Waals surface area contributed by atoms with Gasteiger partial charge in [-0.05, 0) is 68.6 Å². The molecule has 1 aliphatic carbocycles. The van der Waals surface area contributed by atoms with Crippen molar-refractivity contribution in [2.75, 3.05) is 0 Å². The second-order valence-corrected chi connectivity index (χ2v) is 10.2. The summed E-state index contributed by atoms with van der Waals surface area (Å²) < 4.78 is 0. The Hall–Kier alpha value is -2.54. The van der Waals surface area contributed by atoms with Gasteiger partial charge in [0.1, 0.15) is 0 Å². The average molecular weight is 443 g/mol. The fraction of sp³-hybridized carbons (Fsp3) is 0.172. The smallest absolute Gasteiger partial charge is 0.0714 e. The van der Waals surface area contributed by atoms with Gasteiger partial charge < -0.3 is 0 Å². The Balaban J connectivity index is 1.91. The molecule has 0 radical (unpaired) electrons. The van der Waals surface area contributed by atoms with Crippen molar-refractivity contribution in [2.45, 2.75) is 31.6 Å². The van der Waals surface area contributed by atoms with Gasteiger partial charge in [0.2, 0.25) is 0 Å². The molecule has 5 rings (SSSR count). The lowest BCUT2D eigenvalue weighted by Gasteiger charge is -2.34. The van der Waals surface area contributed by atoms with Crippen molar-refractivity contribution in [3.63, 3.8) is 0 Å². The molecule has 1 aliphatic rings. The Kier molecular flexibility index (Phi) is 4.77. The standard InChI is InChI=1S/C29H24Cl2/c1-28(2,3)19-9-11-21(12-10-19)29(20-7-5-4-6-8-20)26-17-22(30)13-15-24(26)25-16-14-23(31)18-27(25)29/h4-18H,1-3H3. The molecular formula is C29H24Cl2. The fourth-order valence-electron chi connectivity index (χ4n) is 4.97. The molecule has 0 heterocycles. The molecule has 4 aromatic carbocycles. The fourth-order valence-corrected chi connectivity index (χ4v) is 5.31. The number of rotatable bonds is 2. The predicted octanol–water partition coefficient (Wildman–Crippen LogP) is 8.65. The first-order valence-electron chi connectivity index (χ1n) is 10.6. The van der Waals surface area contributed by atoms with E-state index in [1.165, 1.54) is 38.9 Å². The first-order chi connectivity index (χ1) is 14.8. The summed E-state index contributed by atoms with van der Waals surface area (Å²) in [6, 6.07) is 32.2. The minimum absolute atomic E-state index is 0.0938. The first-order valence-corrected chi connectivity index (χ1v) is 11.3. The van der Waals surface area contributed by atoms with Crippen LogP contribution in [0.1, 0.15) is 48.6 Å². The molecule has 0 N–H and O–H groups in total. The summed E-state index contributed by atoms with van der Waals surface area (Å²) in [5, 5.41) is 1.48. The molecule has 0 amide bonds. The lowest BCUT2D eigenvalue weighted by atomic mass is 9.67. The van der Waals surface area contributed by atoms with E-state index < -0.39 is 5.41 Å². The molecular weight excluding hydrogens is 419 g/mol. The van der Waals surface area contributed by atoms with Gasteiger partial charge in [-0.3, -0.25) is 0 Å². The summed E-state index contributed by atoms with van der Waals surface area (Å²) in [4.78, 5) is 0. The van der Waals surface area contributed by atoms with Crippen molar-refractivity contribution >= 4 is 23.2 Å². The second-order valence-electron chi connectivity index (χ2n) is 9.32. The zero-order valence-electron chi connectivity index (χ0n) is 17.9. The van der Waals surface area contributed by atoms with Crippen LogP contribution in [0, 0.1) is 0 Å². The van der Waals surface area contributed by atoms with Gasteiger partial charge in [0, 0.05) is 10.0 Å². The summed E-state index contributed by atoms with van der Waals surface area (Å²) in [6.45, 7) is 6.73. The molecule has 0 atom stereocenters. The van der Waals surface area contributed by atoms with Crippen molar-refractivity contribution < 1.29 is 0 Å². The van der Waals surface area contributed by atoms with Crippen LogP contribution in [0.15, 0.2) is 91.0 Å². The van der Waals surface area contributed by atoms with E-state index in [0.29, 0.717) is 0 Å². The number of hydrogen-bond donors (Lipinski definition) is 0. The SMILES string of the molecule is CC(C)(C)c1ccc(C2(c3ccccc3)c3cc(Cl)ccc3-c3ccc(Cl)cc32)cc1. The Morgan fingerprint density at radius 2 is 1.06 bits per heavy atom. The van der Waals surface area contributed by atoms with Gasteiger partial charge >= 0.3 is 0 Å². The van der Waals surface area contributed by atoms with Crippen LogP contribution >= 0.6 is 23.2 Å². The van der Waals surface area contributed by atoms with Crippen molar-refractivity contribution in [1.82, 2.24) is 0 Å². The molecule has 0 saturated heterocycles. The number of hydrogen-bond acceptors (Lipinski definition) is 0. The summed E-state index contributed by atoms with van der Waals surface area (Å²) in [5.41, 5.74) is 8.18. The van der Waals surface area contributed by atoms with Gasteiger partial charge in [0.05, 0.1) is 5.41 Å². The number of halogens is 2. The highest BCUT2D eigenvalue weighted by Crippen LogP contribution is 2.57. The predicted molar refractivity (Wildman–Crippen MR) is 132 cm³/mol. The van der Waals surface area contributed by atoms with Crippen LogP contribution in [0.5, 0.6) is 0 Å². The first kappa shape index (κ1) is 20.4. The lowest BCUT2D eigenvalue weighted by Crippen LogP contribution is -2.28. The van der Waals surface area contributed by atoms with Crippen molar-refractivity contribution in [3.8, 4) is 11.1 Å². The van der Waals surface area contributed by atoms with Crippen molar-refractivity contribution in [3.05, 3.63) is 129 Å². The van der Waals surface area contributed by atoms with E-state index in [2.05, 4.69) is 99.6 Å². The number of fused-ring (bicyclic) bond motifs is 3. The van der Waals surface area contributed by atoms with Crippen LogP contribution in [-0.4, -0.2) is 0 Å². The van der Waals surface area contributed by atoms with Crippen molar-refractivity contribution in [1.29, 1.82) is 0 Å². The van der Waals surface area contributed by atoms with Gasteiger partial charge in [-0.2, -0.15) is 0 Å². The van der Waals surface area contributed by atoms with Gasteiger partial charge in [-0.1, -0.05) is 111 Å². The molecule has 0 fully saturated rings. The zero-order chi connectivity index (χ0) is 21.8. The minimum atomic E-state index is -0.474. The highest BCUT2D eigenvalue weighted by atomic mass is 35.5. The quantitative estimate of drug-likeness (QED) is 0.256. The van der Waals surface area contributed by atoms with Crippen LogP contribution in [-0.2, 0) is 10.8 Å². The molecule has 0 spiro atoms. The molecule has 0 saturated carbocycles. The normalized spacial score (nSPS) is 14.2. The van der Waals surface area contributed by atoms with Gasteiger partial charge in [-0.25, -0.2) is 0 Å². The Morgan fingerprint density at radius 1 is 0.581 bits per heavy atom. The molecule has 0 unspecified atom stereocenters. The third-order valence-corrected chi connectivity index (χ3v) is 6.92. The van der Waals surface area contributed by atoms with Gasteiger partial charge in [0.25, 0.3) is 0 Å². The third-order valence-electron chi connectivity index (χ3n) is 6.45. The van der Waals surface area contributed by atoms with E-state index in [9.17, 15) is 0 Å². The topological polar surface area (TPSA) is 0 Å². The van der Waals surface area contributed by atoms with Crippen LogP contribution in [0.2, 0.25) is 10.0 Å². The zero-order valence-corrected chi connectivity index (χ0v) is 19.4. The maximum absolute atomic E-state index is 6.56. The van der Waals surface area contributed by atoms with E-state index in [-0.39, 0.29) is 5.41 Å². The molecule has 4 aromatic rings. The molecule has 154 valence electrons. The highest BCUT2D eigenvalue weighted by Gasteiger charge is 2.46. The van der Waals surface area contributed by atoms with E-state index in [1.807, 2.05) is 12.1 Å². The van der Waals surface area contributed by atoms with E-state index >= 15 is 0 Å². The van der Waals surface area contributed by atoms with E-state index in [1.54, 1.807) is 0 Å². The molecule has 2 heteroatoms. The summed E-state index contributed by atoms with van der Waals surface area (Å²) in [5.74, 6) is 0. The van der Waals surface area contributed by atoms with Crippen LogP contribution in [0.3, 0.4) is 0 Å².